The number of hydrogen-bond donors (Lipinski definition) is 0. The number of likely N-dealkylation sites (tertiary alicyclic amines) is 1. The van der Waals surface area contributed by atoms with Gasteiger partial charge in [0.15, 0.2) is 0 Å². The van der Waals surface area contributed by atoms with Gasteiger partial charge in [0.1, 0.15) is 0 Å². The second-order valence-electron chi connectivity index (χ2n) is 6.25. The number of piperidine rings is 1. The second-order valence-corrected chi connectivity index (χ2v) is 6.98. The van der Waals surface area contributed by atoms with Crippen LogP contribution in [0.2, 0.25) is 5.02 Å². The van der Waals surface area contributed by atoms with E-state index >= 15 is 0 Å². The van der Waals surface area contributed by atoms with Crippen molar-refractivity contribution < 1.29 is 9.59 Å². The number of carbonyl (C=O) groups is 2. The first kappa shape index (κ1) is 17.4. The number of carbonyl (C=O) groups excluding carboxylic acids is 2. The number of hydrogen-bond acceptors (Lipinski definition) is 3. The van der Waals surface area contributed by atoms with Crippen molar-refractivity contribution in [2.45, 2.75) is 19.3 Å². The molecule has 0 aromatic heterocycles. The SMILES string of the molecule is O=C(Cl)N1CCN(c2ccc(C(=O)N3CCCCC3)cc2Cl)CC1. The Kier molecular flexibility index (Phi) is 5.51. The molecule has 24 heavy (non-hydrogen) atoms. The summed E-state index contributed by atoms with van der Waals surface area (Å²) in [7, 11) is 0. The number of halogens is 2. The van der Waals surface area contributed by atoms with Crippen LogP contribution in [-0.2, 0) is 0 Å². The van der Waals surface area contributed by atoms with Crippen LogP contribution in [0, 0.1) is 0 Å². The van der Waals surface area contributed by atoms with E-state index in [9.17, 15) is 9.59 Å². The highest BCUT2D eigenvalue weighted by Crippen LogP contribution is 2.29. The Balaban J connectivity index is 1.69. The van der Waals surface area contributed by atoms with Crippen molar-refractivity contribution in [2.24, 2.45) is 0 Å². The summed E-state index contributed by atoms with van der Waals surface area (Å²) in [5, 5.41) is 0.159. The average molecular weight is 370 g/mol. The molecule has 0 atom stereocenters. The van der Waals surface area contributed by atoms with E-state index < -0.39 is 5.37 Å². The van der Waals surface area contributed by atoms with Crippen molar-refractivity contribution in [3.8, 4) is 0 Å². The van der Waals surface area contributed by atoms with Crippen molar-refractivity contribution in [1.82, 2.24) is 9.80 Å². The number of piperazine rings is 1. The van der Waals surface area contributed by atoms with Crippen LogP contribution >= 0.6 is 23.2 Å². The molecule has 130 valence electrons. The van der Waals surface area contributed by atoms with Crippen LogP contribution in [0.3, 0.4) is 0 Å². The number of benzene rings is 1. The van der Waals surface area contributed by atoms with E-state index in [4.69, 9.17) is 23.2 Å². The molecular weight excluding hydrogens is 349 g/mol. The second kappa shape index (κ2) is 7.62. The summed E-state index contributed by atoms with van der Waals surface area (Å²) in [6.07, 6.45) is 3.34. The molecule has 0 spiro atoms. The van der Waals surface area contributed by atoms with Gasteiger partial charge in [0, 0.05) is 44.8 Å². The average Bonchev–Trinajstić information content (AvgIpc) is 2.62. The molecule has 0 aliphatic carbocycles. The zero-order chi connectivity index (χ0) is 17.1. The maximum absolute atomic E-state index is 12.6. The molecule has 2 saturated heterocycles. The van der Waals surface area contributed by atoms with Gasteiger partial charge in [-0.1, -0.05) is 11.6 Å². The molecule has 2 heterocycles. The summed E-state index contributed by atoms with van der Waals surface area (Å²) in [6, 6.07) is 5.50. The highest BCUT2D eigenvalue weighted by Gasteiger charge is 2.23. The summed E-state index contributed by atoms with van der Waals surface area (Å²) in [4.78, 5) is 29.4. The first-order valence-corrected chi connectivity index (χ1v) is 9.10. The third kappa shape index (κ3) is 3.78. The van der Waals surface area contributed by atoms with Crippen LogP contribution in [0.25, 0.3) is 0 Å². The molecule has 2 aliphatic heterocycles. The molecule has 0 bridgehead atoms. The zero-order valence-corrected chi connectivity index (χ0v) is 15.0. The Morgan fingerprint density at radius 2 is 1.54 bits per heavy atom. The summed E-state index contributed by atoms with van der Waals surface area (Å²) in [5.41, 5.74) is 1.54. The van der Waals surface area contributed by atoms with E-state index in [2.05, 4.69) is 4.90 Å². The van der Waals surface area contributed by atoms with Crippen LogP contribution in [0.15, 0.2) is 18.2 Å². The Bertz CT molecular complexity index is 624. The van der Waals surface area contributed by atoms with E-state index in [1.165, 1.54) is 6.42 Å². The Morgan fingerprint density at radius 3 is 2.12 bits per heavy atom. The number of amides is 2. The maximum atomic E-state index is 12.6. The molecule has 0 unspecified atom stereocenters. The van der Waals surface area contributed by atoms with Gasteiger partial charge >= 0.3 is 5.37 Å². The zero-order valence-electron chi connectivity index (χ0n) is 13.5. The lowest BCUT2D eigenvalue weighted by atomic mass is 10.1. The normalized spacial score (nSPS) is 18.7. The lowest BCUT2D eigenvalue weighted by Gasteiger charge is -2.35. The molecule has 0 saturated carbocycles. The highest BCUT2D eigenvalue weighted by atomic mass is 35.5. The molecule has 5 nitrogen and oxygen atoms in total. The third-order valence-electron chi connectivity index (χ3n) is 4.71. The molecule has 1 aromatic rings. The minimum atomic E-state index is -0.414. The van der Waals surface area contributed by atoms with Gasteiger partial charge in [-0.15, -0.1) is 0 Å². The molecule has 7 heteroatoms. The summed E-state index contributed by atoms with van der Waals surface area (Å²) < 4.78 is 0. The Hall–Kier alpha value is -1.46. The van der Waals surface area contributed by atoms with Crippen LogP contribution in [0.4, 0.5) is 10.5 Å². The number of nitrogens with zero attached hydrogens (tertiary/aromatic N) is 3. The molecule has 3 rings (SSSR count). The molecule has 0 radical (unpaired) electrons. The van der Waals surface area contributed by atoms with Crippen molar-refractivity contribution in [3.63, 3.8) is 0 Å². The Labute approximate surface area is 152 Å². The lowest BCUT2D eigenvalue weighted by Crippen LogP contribution is -2.47. The van der Waals surface area contributed by atoms with Gasteiger partial charge in [-0.05, 0) is 49.1 Å². The van der Waals surface area contributed by atoms with Crippen LogP contribution in [0.1, 0.15) is 29.6 Å². The lowest BCUT2D eigenvalue weighted by molar-refractivity contribution is 0.0724. The fourth-order valence-corrected chi connectivity index (χ4v) is 3.77. The topological polar surface area (TPSA) is 43.9 Å². The molecule has 2 aliphatic rings. The summed E-state index contributed by atoms with van der Waals surface area (Å²) >= 11 is 11.9. The van der Waals surface area contributed by atoms with Crippen molar-refractivity contribution >= 4 is 40.2 Å². The van der Waals surface area contributed by atoms with Crippen molar-refractivity contribution in [2.75, 3.05) is 44.2 Å². The van der Waals surface area contributed by atoms with Crippen molar-refractivity contribution in [1.29, 1.82) is 0 Å². The first-order chi connectivity index (χ1) is 11.6. The fraction of sp³-hybridized carbons (Fsp3) is 0.529. The molecule has 2 amide bonds. The van der Waals surface area contributed by atoms with Gasteiger partial charge in [0.25, 0.3) is 5.91 Å². The monoisotopic (exact) mass is 369 g/mol. The summed E-state index contributed by atoms with van der Waals surface area (Å²) in [5.74, 6) is 0.0562. The standard InChI is InChI=1S/C17H21Cl2N3O2/c18-14-12-13(16(23)21-6-2-1-3-7-21)4-5-15(14)20-8-10-22(11-9-20)17(19)24/h4-5,12H,1-3,6-11H2. The van der Waals surface area contributed by atoms with Gasteiger partial charge in [0.2, 0.25) is 0 Å². The van der Waals surface area contributed by atoms with E-state index in [0.717, 1.165) is 31.6 Å². The first-order valence-electron chi connectivity index (χ1n) is 8.34. The van der Waals surface area contributed by atoms with E-state index in [1.807, 2.05) is 17.0 Å². The van der Waals surface area contributed by atoms with Gasteiger partial charge in [-0.2, -0.15) is 0 Å². The third-order valence-corrected chi connectivity index (χ3v) is 5.25. The molecular formula is C17H21Cl2N3O2. The Morgan fingerprint density at radius 1 is 0.875 bits per heavy atom. The van der Waals surface area contributed by atoms with Crippen LogP contribution < -0.4 is 4.90 Å². The maximum Gasteiger partial charge on any atom is 0.316 e. The van der Waals surface area contributed by atoms with E-state index in [0.29, 0.717) is 36.8 Å². The quantitative estimate of drug-likeness (QED) is 0.592. The largest absolute Gasteiger partial charge is 0.367 e. The predicted molar refractivity (Wildman–Crippen MR) is 96.2 cm³/mol. The van der Waals surface area contributed by atoms with Gasteiger partial charge in [-0.25, -0.2) is 0 Å². The number of anilines is 1. The van der Waals surface area contributed by atoms with Gasteiger partial charge in [-0.3, -0.25) is 9.59 Å². The van der Waals surface area contributed by atoms with Crippen LogP contribution in [0.5, 0.6) is 0 Å². The molecule has 1 aromatic carbocycles. The van der Waals surface area contributed by atoms with Crippen molar-refractivity contribution in [3.05, 3.63) is 28.8 Å². The van der Waals surface area contributed by atoms with E-state index in [1.54, 1.807) is 11.0 Å². The summed E-state index contributed by atoms with van der Waals surface area (Å²) in [6.45, 7) is 4.16. The van der Waals surface area contributed by atoms with Gasteiger partial charge in [0.05, 0.1) is 10.7 Å². The van der Waals surface area contributed by atoms with E-state index in [-0.39, 0.29) is 5.91 Å². The smallest absolute Gasteiger partial charge is 0.316 e. The fourth-order valence-electron chi connectivity index (χ4n) is 3.30. The highest BCUT2D eigenvalue weighted by molar-refractivity contribution is 6.62. The predicted octanol–water partition coefficient (Wildman–Crippen LogP) is 3.45. The number of rotatable bonds is 2. The minimum Gasteiger partial charge on any atom is -0.367 e. The van der Waals surface area contributed by atoms with Gasteiger partial charge < -0.3 is 14.7 Å². The molecule has 0 N–H and O–H groups in total. The minimum absolute atomic E-state index is 0.0562. The molecule has 2 fully saturated rings. The van der Waals surface area contributed by atoms with Crippen LogP contribution in [-0.4, -0.2) is 60.3 Å².